The SMILES string of the molecule is CCCN(CCC)[Si](C)(C)N(C)[Si](C)(C)N(CCC)CCC. The van der Waals surface area contributed by atoms with Crippen LogP contribution in [0.15, 0.2) is 0 Å². The Bertz CT molecular complexity index is 256. The molecular weight excluding hydrogens is 302 g/mol. The Balaban J connectivity index is 5.31. The van der Waals surface area contributed by atoms with E-state index in [1.165, 1.54) is 51.9 Å². The molecule has 0 amide bonds. The Labute approximate surface area is 143 Å². The minimum absolute atomic E-state index is 1.25. The highest BCUT2D eigenvalue weighted by Gasteiger charge is 2.44. The molecule has 134 valence electrons. The smallest absolute Gasteiger partial charge is 0.194 e. The zero-order valence-electron chi connectivity index (χ0n) is 17.0. The molecule has 0 unspecified atom stereocenters. The quantitative estimate of drug-likeness (QED) is 0.480. The molecule has 0 aromatic carbocycles. The van der Waals surface area contributed by atoms with E-state index in [0.717, 1.165) is 0 Å². The molecule has 5 heteroatoms. The second-order valence-corrected chi connectivity index (χ2v) is 16.6. The van der Waals surface area contributed by atoms with Crippen molar-refractivity contribution in [3.63, 3.8) is 0 Å². The summed E-state index contributed by atoms with van der Waals surface area (Å²) >= 11 is 0. The molecule has 0 rings (SSSR count). The van der Waals surface area contributed by atoms with Crippen molar-refractivity contribution in [3.8, 4) is 0 Å². The minimum atomic E-state index is -1.55. The summed E-state index contributed by atoms with van der Waals surface area (Å²) < 4.78 is 8.49. The first kappa shape index (κ1) is 22.3. The Morgan fingerprint density at radius 2 is 0.773 bits per heavy atom. The lowest BCUT2D eigenvalue weighted by atomic mass is 10.4. The van der Waals surface area contributed by atoms with Crippen molar-refractivity contribution in [1.29, 1.82) is 0 Å². The van der Waals surface area contributed by atoms with Crippen LogP contribution in [-0.2, 0) is 0 Å². The van der Waals surface area contributed by atoms with E-state index in [0.29, 0.717) is 0 Å². The first-order valence-electron chi connectivity index (χ1n) is 9.43. The van der Waals surface area contributed by atoms with Crippen molar-refractivity contribution in [2.75, 3.05) is 33.2 Å². The molecule has 0 N–H and O–H groups in total. The summed E-state index contributed by atoms with van der Waals surface area (Å²) in [5.74, 6) is 0. The molecule has 3 nitrogen and oxygen atoms in total. The van der Waals surface area contributed by atoms with Gasteiger partial charge < -0.3 is 13.4 Å². The van der Waals surface area contributed by atoms with Crippen LogP contribution in [0.3, 0.4) is 0 Å². The Morgan fingerprint density at radius 3 is 0.955 bits per heavy atom. The van der Waals surface area contributed by atoms with Gasteiger partial charge in [0.05, 0.1) is 0 Å². The van der Waals surface area contributed by atoms with Crippen LogP contribution in [0, 0.1) is 0 Å². The number of nitrogens with zero attached hydrogens (tertiary/aromatic N) is 3. The third-order valence-corrected chi connectivity index (χ3v) is 15.7. The minimum Gasteiger partial charge on any atom is -0.324 e. The van der Waals surface area contributed by atoms with E-state index in [1.54, 1.807) is 0 Å². The van der Waals surface area contributed by atoms with Gasteiger partial charge in [0, 0.05) is 0 Å². The van der Waals surface area contributed by atoms with Crippen LogP contribution in [0.5, 0.6) is 0 Å². The van der Waals surface area contributed by atoms with Crippen LogP contribution in [-0.4, -0.2) is 63.4 Å². The Kier molecular flexibility index (Phi) is 10.4. The lowest BCUT2D eigenvalue weighted by Crippen LogP contribution is -2.73. The first-order valence-corrected chi connectivity index (χ1v) is 15.2. The topological polar surface area (TPSA) is 9.72 Å². The molecule has 0 saturated heterocycles. The summed E-state index contributed by atoms with van der Waals surface area (Å²) in [4.78, 5) is 0. The fraction of sp³-hybridized carbons (Fsp3) is 1.00. The summed E-state index contributed by atoms with van der Waals surface area (Å²) in [7, 11) is -0.670. The van der Waals surface area contributed by atoms with E-state index >= 15 is 0 Å². The van der Waals surface area contributed by atoms with Gasteiger partial charge in [0.25, 0.3) is 0 Å². The van der Waals surface area contributed by atoms with Crippen LogP contribution in [0.25, 0.3) is 0 Å². The summed E-state index contributed by atoms with van der Waals surface area (Å²) in [6.45, 7) is 24.5. The third kappa shape index (κ3) is 5.75. The van der Waals surface area contributed by atoms with E-state index in [1.807, 2.05) is 0 Å². The number of hydrogen-bond acceptors (Lipinski definition) is 3. The number of rotatable bonds is 12. The average Bonchev–Trinajstić information content (AvgIpc) is 2.45. The fourth-order valence-corrected chi connectivity index (χ4v) is 13.6. The predicted molar refractivity (Wildman–Crippen MR) is 107 cm³/mol. The largest absolute Gasteiger partial charge is 0.324 e. The van der Waals surface area contributed by atoms with E-state index in [9.17, 15) is 0 Å². The molecule has 0 spiro atoms. The van der Waals surface area contributed by atoms with Crippen LogP contribution < -0.4 is 0 Å². The molecule has 0 aliphatic carbocycles. The second kappa shape index (κ2) is 10.2. The lowest BCUT2D eigenvalue weighted by Gasteiger charge is -2.53. The monoisotopic (exact) mass is 345 g/mol. The van der Waals surface area contributed by atoms with Crippen LogP contribution >= 0.6 is 0 Å². The maximum atomic E-state index is 2.86. The van der Waals surface area contributed by atoms with Gasteiger partial charge >= 0.3 is 0 Å². The van der Waals surface area contributed by atoms with Crippen molar-refractivity contribution < 1.29 is 0 Å². The van der Waals surface area contributed by atoms with Gasteiger partial charge in [0.2, 0.25) is 0 Å². The maximum Gasteiger partial charge on any atom is 0.194 e. The molecule has 0 aromatic heterocycles. The molecule has 0 heterocycles. The zero-order chi connectivity index (χ0) is 17.4. The number of hydrogen-bond donors (Lipinski definition) is 0. The summed E-state index contributed by atoms with van der Waals surface area (Å²) in [5.41, 5.74) is 0. The summed E-state index contributed by atoms with van der Waals surface area (Å²) in [6.07, 6.45) is 5.06. The van der Waals surface area contributed by atoms with Gasteiger partial charge in [-0.1, -0.05) is 27.7 Å². The summed E-state index contributed by atoms with van der Waals surface area (Å²) in [5, 5.41) is 0. The molecule has 0 aromatic rings. The molecule has 22 heavy (non-hydrogen) atoms. The van der Waals surface area contributed by atoms with Crippen LogP contribution in [0.4, 0.5) is 0 Å². The molecular formula is C17H43N3Si2. The van der Waals surface area contributed by atoms with Gasteiger partial charge in [0.15, 0.2) is 16.8 Å². The van der Waals surface area contributed by atoms with Crippen molar-refractivity contribution >= 4 is 16.8 Å². The highest BCUT2D eigenvalue weighted by atomic mass is 28.4. The van der Waals surface area contributed by atoms with Crippen molar-refractivity contribution in [3.05, 3.63) is 0 Å². The van der Waals surface area contributed by atoms with Gasteiger partial charge in [0.1, 0.15) is 0 Å². The van der Waals surface area contributed by atoms with Crippen LogP contribution in [0.1, 0.15) is 53.4 Å². The third-order valence-electron chi connectivity index (χ3n) is 5.16. The molecule has 0 aliphatic rings. The Hall–Kier alpha value is 0.314. The van der Waals surface area contributed by atoms with Gasteiger partial charge in [-0.25, -0.2) is 0 Å². The first-order chi connectivity index (χ1) is 10.2. The predicted octanol–water partition coefficient (Wildman–Crippen LogP) is 4.57. The van der Waals surface area contributed by atoms with Gasteiger partial charge in [-0.05, 0) is 85.1 Å². The molecule has 0 aliphatic heterocycles. The van der Waals surface area contributed by atoms with Crippen molar-refractivity contribution in [2.24, 2.45) is 0 Å². The van der Waals surface area contributed by atoms with E-state index in [-0.39, 0.29) is 0 Å². The standard InChI is InChI=1S/C17H43N3Si2/c1-10-14-19(15-11-2)21(6,7)18(5)22(8,9)20(16-12-3)17-13-4/h10-17H2,1-9H3. The van der Waals surface area contributed by atoms with Gasteiger partial charge in [-0.15, -0.1) is 0 Å². The maximum absolute atomic E-state index is 2.86. The molecule has 0 atom stereocenters. The van der Waals surface area contributed by atoms with Crippen molar-refractivity contribution in [1.82, 2.24) is 13.4 Å². The van der Waals surface area contributed by atoms with E-state index in [4.69, 9.17) is 0 Å². The van der Waals surface area contributed by atoms with E-state index < -0.39 is 16.8 Å². The second-order valence-electron chi connectivity index (χ2n) is 7.52. The van der Waals surface area contributed by atoms with E-state index in [2.05, 4.69) is 74.3 Å². The molecule has 0 bridgehead atoms. The molecule has 0 radical (unpaired) electrons. The highest BCUT2D eigenvalue weighted by Crippen LogP contribution is 2.25. The highest BCUT2D eigenvalue weighted by molar-refractivity contribution is 6.88. The molecule has 0 fully saturated rings. The normalized spacial score (nSPS) is 13.6. The Morgan fingerprint density at radius 1 is 0.545 bits per heavy atom. The zero-order valence-corrected chi connectivity index (χ0v) is 19.0. The van der Waals surface area contributed by atoms with Crippen LogP contribution in [0.2, 0.25) is 26.2 Å². The van der Waals surface area contributed by atoms with Gasteiger partial charge in [-0.2, -0.15) is 0 Å². The summed E-state index contributed by atoms with van der Waals surface area (Å²) in [6, 6.07) is 0. The average molecular weight is 346 g/mol. The lowest BCUT2D eigenvalue weighted by molar-refractivity contribution is 0.356. The fourth-order valence-electron chi connectivity index (χ4n) is 3.49. The van der Waals surface area contributed by atoms with Gasteiger partial charge in [-0.3, -0.25) is 0 Å². The van der Waals surface area contributed by atoms with Crippen molar-refractivity contribution in [2.45, 2.75) is 79.6 Å². The molecule has 0 saturated carbocycles.